The van der Waals surface area contributed by atoms with Crippen LogP contribution in [0.25, 0.3) is 10.8 Å². The predicted molar refractivity (Wildman–Crippen MR) is 160 cm³/mol. The highest BCUT2D eigenvalue weighted by Crippen LogP contribution is 2.27. The Morgan fingerprint density at radius 2 is 1.83 bits per heavy atom. The Labute approximate surface area is 238 Å². The molecule has 3 aromatic carbocycles. The lowest BCUT2D eigenvalue weighted by atomic mass is 10.0. The van der Waals surface area contributed by atoms with E-state index in [9.17, 15) is 18.0 Å². The second kappa shape index (κ2) is 11.5. The first-order chi connectivity index (χ1) is 19.6. The highest BCUT2D eigenvalue weighted by molar-refractivity contribution is 7.91. The number of likely N-dealkylation sites (N-methyl/N-ethyl adjacent to an activating group) is 1. The van der Waals surface area contributed by atoms with Gasteiger partial charge in [0.15, 0.2) is 9.84 Å². The topological polar surface area (TPSA) is 147 Å². The Morgan fingerprint density at radius 3 is 2.59 bits per heavy atom. The number of nitrogens with one attached hydrogen (secondary N) is 3. The summed E-state index contributed by atoms with van der Waals surface area (Å²) >= 11 is 0. The van der Waals surface area contributed by atoms with E-state index >= 15 is 0 Å². The van der Waals surface area contributed by atoms with E-state index in [4.69, 9.17) is 5.73 Å². The summed E-state index contributed by atoms with van der Waals surface area (Å²) in [4.78, 5) is 32.3. The van der Waals surface area contributed by atoms with Gasteiger partial charge >= 0.3 is 6.03 Å². The number of rotatable bonds is 4. The van der Waals surface area contributed by atoms with Crippen LogP contribution in [0, 0.1) is 0 Å². The number of carbonyl (C=O) groups excluding carboxylic acids is 2. The molecule has 212 valence electrons. The molecule has 41 heavy (non-hydrogen) atoms. The number of benzene rings is 3. The molecule has 5 N–H and O–H groups in total. The third kappa shape index (κ3) is 6.09. The molecule has 6 rings (SSSR count). The molecule has 11 heteroatoms. The first-order valence-corrected chi connectivity index (χ1v) is 14.9. The van der Waals surface area contributed by atoms with Crippen molar-refractivity contribution in [3.8, 4) is 0 Å². The van der Waals surface area contributed by atoms with Crippen LogP contribution < -0.4 is 21.7 Å². The number of pyridine rings is 1. The SMILES string of the molecule is CCS(=O)(=O)c1ccc2cc1CNC(=O)[C@H](Nc1ccc3c(N)nccc3c1)c1ccc(cc1)CCN(C)C(=O)N2. The number of carbonyl (C=O) groups is 2. The maximum Gasteiger partial charge on any atom is 0.321 e. The van der Waals surface area contributed by atoms with Gasteiger partial charge in [0.1, 0.15) is 11.9 Å². The Balaban J connectivity index is 1.53. The van der Waals surface area contributed by atoms with E-state index in [2.05, 4.69) is 20.9 Å². The molecule has 2 aliphatic rings. The van der Waals surface area contributed by atoms with Crippen LogP contribution in [-0.4, -0.2) is 49.6 Å². The average molecular weight is 573 g/mol. The van der Waals surface area contributed by atoms with Crippen molar-refractivity contribution in [3.05, 3.63) is 89.6 Å². The molecule has 0 saturated carbocycles. The Hall–Kier alpha value is -4.64. The number of nitrogens with zero attached hydrogens (tertiary/aromatic N) is 2. The van der Waals surface area contributed by atoms with Crippen LogP contribution in [0.3, 0.4) is 0 Å². The summed E-state index contributed by atoms with van der Waals surface area (Å²) in [5, 5.41) is 10.8. The minimum atomic E-state index is -3.59. The fourth-order valence-corrected chi connectivity index (χ4v) is 5.91. The van der Waals surface area contributed by atoms with Gasteiger partial charge in [-0.05, 0) is 71.0 Å². The van der Waals surface area contributed by atoms with Gasteiger partial charge in [-0.15, -0.1) is 0 Å². The van der Waals surface area contributed by atoms with Gasteiger partial charge in [0.05, 0.1) is 10.6 Å². The van der Waals surface area contributed by atoms with Crippen LogP contribution in [0.5, 0.6) is 0 Å². The van der Waals surface area contributed by atoms with Gasteiger partial charge in [-0.3, -0.25) is 4.79 Å². The van der Waals surface area contributed by atoms with E-state index in [1.807, 2.05) is 48.5 Å². The largest absolute Gasteiger partial charge is 0.383 e. The van der Waals surface area contributed by atoms with Crippen LogP contribution in [0.4, 0.5) is 22.0 Å². The minimum absolute atomic E-state index is 0.0524. The lowest BCUT2D eigenvalue weighted by molar-refractivity contribution is -0.122. The van der Waals surface area contributed by atoms with Gasteiger partial charge in [0.2, 0.25) is 5.91 Å². The molecular weight excluding hydrogens is 540 g/mol. The third-order valence-electron chi connectivity index (χ3n) is 7.24. The zero-order valence-electron chi connectivity index (χ0n) is 22.8. The van der Waals surface area contributed by atoms with Crippen molar-refractivity contribution < 1.29 is 18.0 Å². The Kier molecular flexibility index (Phi) is 7.80. The molecule has 4 bridgehead atoms. The number of amides is 3. The number of sulfone groups is 1. The van der Waals surface area contributed by atoms with Gasteiger partial charge in [0, 0.05) is 43.1 Å². The molecule has 0 fully saturated rings. The molecule has 1 atom stereocenters. The van der Waals surface area contributed by atoms with Crippen molar-refractivity contribution in [1.82, 2.24) is 15.2 Å². The first-order valence-electron chi connectivity index (χ1n) is 13.3. The predicted octanol–water partition coefficient (Wildman–Crippen LogP) is 4.10. The average Bonchev–Trinajstić information content (AvgIpc) is 2.97. The summed E-state index contributed by atoms with van der Waals surface area (Å²) in [6.07, 6.45) is 2.25. The van der Waals surface area contributed by atoms with Crippen LogP contribution in [0.1, 0.15) is 29.7 Å². The van der Waals surface area contributed by atoms with E-state index in [0.29, 0.717) is 35.7 Å². The maximum absolute atomic E-state index is 13.7. The van der Waals surface area contributed by atoms with Crippen molar-refractivity contribution in [1.29, 1.82) is 0 Å². The van der Waals surface area contributed by atoms with Crippen LogP contribution in [0.15, 0.2) is 77.8 Å². The molecule has 0 radical (unpaired) electrons. The number of urea groups is 1. The van der Waals surface area contributed by atoms with Gasteiger partial charge in [-0.2, -0.15) is 0 Å². The highest BCUT2D eigenvalue weighted by Gasteiger charge is 2.24. The summed E-state index contributed by atoms with van der Waals surface area (Å²) < 4.78 is 25.7. The highest BCUT2D eigenvalue weighted by atomic mass is 32.2. The number of aromatic nitrogens is 1. The van der Waals surface area contributed by atoms with Crippen LogP contribution in [-0.2, 0) is 27.6 Å². The third-order valence-corrected chi connectivity index (χ3v) is 9.07. The molecule has 4 aromatic rings. The van der Waals surface area contributed by atoms with E-state index in [-0.39, 0.29) is 29.1 Å². The van der Waals surface area contributed by atoms with Gasteiger partial charge in [-0.1, -0.05) is 31.2 Å². The summed E-state index contributed by atoms with van der Waals surface area (Å²) in [6.45, 7) is 1.98. The number of fused-ring (bicyclic) bond motifs is 10. The molecular formula is C30H32N6O4S. The van der Waals surface area contributed by atoms with Crippen LogP contribution >= 0.6 is 0 Å². The van der Waals surface area contributed by atoms with E-state index in [1.54, 1.807) is 37.2 Å². The number of nitrogens with two attached hydrogens (primary N) is 1. The van der Waals surface area contributed by atoms with Crippen molar-refractivity contribution in [2.24, 2.45) is 0 Å². The normalized spacial score (nSPS) is 16.3. The summed E-state index contributed by atoms with van der Waals surface area (Å²) in [6, 6.07) is 18.6. The number of nitrogen functional groups attached to an aromatic ring is 1. The standard InChI is InChI=1S/C30H32N6O4S/c1-3-41(39,40)26-11-9-24-17-22(26)18-33-29(37)27(34-23-8-10-25-21(16-23)12-14-32-28(25)31)20-6-4-19(5-7-20)13-15-36(2)30(38)35-24/h4-12,14,16-17,27,34H,3,13,15,18H2,1-2H3,(H2,31,32)(H,33,37)(H,35,38)/t27-/m1/s1. The summed E-state index contributed by atoms with van der Waals surface area (Å²) in [5.74, 6) is -0.0109. The molecule has 3 amide bonds. The van der Waals surface area contributed by atoms with Crippen molar-refractivity contribution >= 4 is 49.7 Å². The maximum atomic E-state index is 13.7. The molecule has 1 aromatic heterocycles. The van der Waals surface area contributed by atoms with E-state index in [1.165, 1.54) is 6.07 Å². The van der Waals surface area contributed by atoms with Gasteiger partial charge in [-0.25, -0.2) is 18.2 Å². The lowest BCUT2D eigenvalue weighted by Gasteiger charge is -2.23. The molecule has 10 nitrogen and oxygen atoms in total. The van der Waals surface area contributed by atoms with E-state index in [0.717, 1.165) is 21.9 Å². The van der Waals surface area contributed by atoms with Gasteiger partial charge in [0.25, 0.3) is 0 Å². The molecule has 2 aliphatic heterocycles. The second-order valence-electron chi connectivity index (χ2n) is 10.00. The molecule has 0 aliphatic carbocycles. The smallest absolute Gasteiger partial charge is 0.321 e. The quantitative estimate of drug-likeness (QED) is 0.288. The van der Waals surface area contributed by atoms with E-state index < -0.39 is 15.9 Å². The Bertz CT molecular complexity index is 1720. The summed E-state index contributed by atoms with van der Waals surface area (Å²) in [5.41, 5.74) is 9.29. The van der Waals surface area contributed by atoms with Crippen molar-refractivity contribution in [2.45, 2.75) is 30.8 Å². The zero-order chi connectivity index (χ0) is 29.1. The zero-order valence-corrected chi connectivity index (χ0v) is 23.7. The number of anilines is 3. The molecule has 0 saturated heterocycles. The summed E-state index contributed by atoms with van der Waals surface area (Å²) in [7, 11) is -1.88. The number of hydrogen-bond donors (Lipinski definition) is 4. The second-order valence-corrected chi connectivity index (χ2v) is 12.2. The van der Waals surface area contributed by atoms with Crippen LogP contribution in [0.2, 0.25) is 0 Å². The molecule has 0 unspecified atom stereocenters. The minimum Gasteiger partial charge on any atom is -0.383 e. The Morgan fingerprint density at radius 1 is 1.05 bits per heavy atom. The number of hydrogen-bond acceptors (Lipinski definition) is 7. The fraction of sp³-hybridized carbons (Fsp3) is 0.233. The molecule has 3 heterocycles. The van der Waals surface area contributed by atoms with Gasteiger partial charge < -0.3 is 26.6 Å². The van der Waals surface area contributed by atoms with Crippen molar-refractivity contribution in [3.63, 3.8) is 0 Å². The molecule has 0 spiro atoms. The monoisotopic (exact) mass is 572 g/mol. The lowest BCUT2D eigenvalue weighted by Crippen LogP contribution is -2.34. The fourth-order valence-electron chi connectivity index (χ4n) is 4.79. The first kappa shape index (κ1) is 27.9. The van der Waals surface area contributed by atoms with Crippen molar-refractivity contribution in [2.75, 3.05) is 35.7 Å².